The summed E-state index contributed by atoms with van der Waals surface area (Å²) in [6.07, 6.45) is 3.35. The lowest BCUT2D eigenvalue weighted by molar-refractivity contribution is 0.477. The van der Waals surface area contributed by atoms with E-state index in [0.29, 0.717) is 29.3 Å². The van der Waals surface area contributed by atoms with Crippen molar-refractivity contribution in [3.05, 3.63) is 114 Å². The van der Waals surface area contributed by atoms with E-state index in [1.165, 1.54) is 12.1 Å². The molecule has 5 aromatic rings. The van der Waals surface area contributed by atoms with Crippen LogP contribution >= 0.6 is 0 Å². The predicted octanol–water partition coefficient (Wildman–Crippen LogP) is 4.97. The number of sulfonamides is 1. The molecule has 0 bridgehead atoms. The molecular formula is C28H24FN5O3S. The molecule has 38 heavy (non-hydrogen) atoms. The smallest absolute Gasteiger partial charge is 0.240 e. The molecule has 0 aliphatic carbocycles. The average Bonchev–Trinajstić information content (AvgIpc) is 3.35. The highest BCUT2D eigenvalue weighted by atomic mass is 32.2. The van der Waals surface area contributed by atoms with Crippen molar-refractivity contribution in [1.82, 2.24) is 19.3 Å². The molecular weight excluding hydrogens is 505 g/mol. The first-order valence-electron chi connectivity index (χ1n) is 11.7. The average molecular weight is 530 g/mol. The Morgan fingerprint density at radius 1 is 0.974 bits per heavy atom. The van der Waals surface area contributed by atoms with Gasteiger partial charge in [0.2, 0.25) is 10.0 Å². The largest absolute Gasteiger partial charge is 0.507 e. The second kappa shape index (κ2) is 10.4. The van der Waals surface area contributed by atoms with Gasteiger partial charge in [-0.25, -0.2) is 22.5 Å². The number of phenols is 1. The maximum atomic E-state index is 13.1. The predicted molar refractivity (Wildman–Crippen MR) is 144 cm³/mol. The lowest BCUT2D eigenvalue weighted by Gasteiger charge is -2.12. The molecule has 0 atom stereocenters. The molecule has 0 spiro atoms. The van der Waals surface area contributed by atoms with Gasteiger partial charge in [-0.1, -0.05) is 49.1 Å². The van der Waals surface area contributed by atoms with Crippen LogP contribution in [-0.4, -0.2) is 28.1 Å². The van der Waals surface area contributed by atoms with E-state index in [0.717, 1.165) is 28.8 Å². The molecule has 5 rings (SSSR count). The van der Waals surface area contributed by atoms with Crippen LogP contribution in [0.5, 0.6) is 5.75 Å². The third-order valence-corrected chi connectivity index (χ3v) is 7.40. The van der Waals surface area contributed by atoms with Crippen molar-refractivity contribution in [3.63, 3.8) is 0 Å². The number of hydrogen-bond donors (Lipinski definition) is 3. The number of aromatic nitrogens is 3. The van der Waals surface area contributed by atoms with E-state index in [2.05, 4.69) is 26.7 Å². The lowest BCUT2D eigenvalue weighted by Crippen LogP contribution is -2.23. The van der Waals surface area contributed by atoms with Gasteiger partial charge in [0.15, 0.2) is 5.65 Å². The number of hydrogen-bond acceptors (Lipinski definition) is 6. The standard InChI is InChI=1S/C28H24FN5O3S/c1-2-21-18-31-34-27(15-25(33-28(21)34)24-5-3-4-6-26(24)35)30-16-19-7-9-20(10-8-19)17-32-38(36,37)23-13-11-22(29)12-14-23/h2-15,18,30,32,35H,1,16-17H2. The van der Waals surface area contributed by atoms with Crippen LogP contribution < -0.4 is 10.0 Å². The minimum absolute atomic E-state index is 0.00445. The van der Waals surface area contributed by atoms with Crippen LogP contribution in [0, 0.1) is 5.82 Å². The highest BCUT2D eigenvalue weighted by Gasteiger charge is 2.15. The summed E-state index contributed by atoms with van der Waals surface area (Å²) in [4.78, 5) is 4.69. The van der Waals surface area contributed by atoms with E-state index >= 15 is 0 Å². The minimum atomic E-state index is -3.75. The highest BCUT2D eigenvalue weighted by Crippen LogP contribution is 2.30. The number of aromatic hydroxyl groups is 1. The van der Waals surface area contributed by atoms with Crippen molar-refractivity contribution in [2.24, 2.45) is 0 Å². The number of rotatable bonds is 9. The first kappa shape index (κ1) is 25.1. The Morgan fingerprint density at radius 3 is 2.34 bits per heavy atom. The molecule has 0 fully saturated rings. The van der Waals surface area contributed by atoms with Crippen molar-refractivity contribution >= 4 is 27.6 Å². The second-order valence-electron chi connectivity index (χ2n) is 8.53. The van der Waals surface area contributed by atoms with Gasteiger partial charge in [0, 0.05) is 30.3 Å². The van der Waals surface area contributed by atoms with Crippen LogP contribution in [0.15, 0.2) is 96.5 Å². The molecule has 0 saturated carbocycles. The summed E-state index contributed by atoms with van der Waals surface area (Å²) < 4.78 is 42.2. The fourth-order valence-corrected chi connectivity index (χ4v) is 4.94. The van der Waals surface area contributed by atoms with Crippen LogP contribution in [-0.2, 0) is 23.1 Å². The van der Waals surface area contributed by atoms with Crippen molar-refractivity contribution in [1.29, 1.82) is 0 Å². The Hall–Kier alpha value is -4.54. The summed E-state index contributed by atoms with van der Waals surface area (Å²) in [6.45, 7) is 4.39. The van der Waals surface area contributed by atoms with Gasteiger partial charge in [-0.05, 0) is 47.5 Å². The Bertz CT molecular complexity index is 1720. The summed E-state index contributed by atoms with van der Waals surface area (Å²) in [5.74, 6) is 0.307. The van der Waals surface area contributed by atoms with Crippen LogP contribution in [0.25, 0.3) is 23.0 Å². The van der Waals surface area contributed by atoms with Crippen LogP contribution in [0.3, 0.4) is 0 Å². The van der Waals surface area contributed by atoms with E-state index < -0.39 is 15.8 Å². The zero-order valence-corrected chi connectivity index (χ0v) is 21.0. The number of anilines is 1. The minimum Gasteiger partial charge on any atom is -0.507 e. The van der Waals surface area contributed by atoms with E-state index in [1.54, 1.807) is 35.0 Å². The quantitative estimate of drug-likeness (QED) is 0.249. The second-order valence-corrected chi connectivity index (χ2v) is 10.3. The van der Waals surface area contributed by atoms with Crippen LogP contribution in [0.4, 0.5) is 10.2 Å². The molecule has 3 aromatic carbocycles. The Labute approximate surface area is 219 Å². The highest BCUT2D eigenvalue weighted by molar-refractivity contribution is 7.89. The molecule has 2 heterocycles. The van der Waals surface area contributed by atoms with Crippen molar-refractivity contribution in [2.45, 2.75) is 18.0 Å². The molecule has 0 unspecified atom stereocenters. The topological polar surface area (TPSA) is 109 Å². The van der Waals surface area contributed by atoms with Crippen molar-refractivity contribution < 1.29 is 17.9 Å². The normalized spacial score (nSPS) is 11.5. The van der Waals surface area contributed by atoms with Gasteiger partial charge in [0.1, 0.15) is 17.4 Å². The van der Waals surface area contributed by atoms with E-state index in [4.69, 9.17) is 0 Å². The van der Waals surface area contributed by atoms with Crippen LogP contribution in [0.2, 0.25) is 0 Å². The number of para-hydroxylation sites is 1. The maximum absolute atomic E-state index is 13.1. The third-order valence-electron chi connectivity index (χ3n) is 5.99. The number of nitrogens with zero attached hydrogens (tertiary/aromatic N) is 3. The van der Waals surface area contributed by atoms with E-state index in [1.807, 2.05) is 36.4 Å². The Balaban J connectivity index is 1.31. The summed E-state index contributed by atoms with van der Waals surface area (Å²) in [7, 11) is -3.75. The number of phenolic OH excluding ortho intramolecular Hbond substituents is 1. The van der Waals surface area contributed by atoms with Gasteiger partial charge in [-0.15, -0.1) is 0 Å². The summed E-state index contributed by atoms with van der Waals surface area (Å²) in [6, 6.07) is 21.0. The van der Waals surface area contributed by atoms with Gasteiger partial charge in [0.25, 0.3) is 0 Å². The molecule has 192 valence electrons. The van der Waals surface area contributed by atoms with Crippen LogP contribution in [0.1, 0.15) is 16.7 Å². The maximum Gasteiger partial charge on any atom is 0.240 e. The van der Waals surface area contributed by atoms with E-state index in [-0.39, 0.29) is 17.2 Å². The zero-order chi connectivity index (χ0) is 26.7. The molecule has 0 saturated heterocycles. The molecule has 0 aliphatic rings. The van der Waals surface area contributed by atoms with E-state index in [9.17, 15) is 17.9 Å². The third kappa shape index (κ3) is 5.26. The Kier molecular flexibility index (Phi) is 6.91. The summed E-state index contributed by atoms with van der Waals surface area (Å²) in [5, 5.41) is 18.1. The summed E-state index contributed by atoms with van der Waals surface area (Å²) >= 11 is 0. The first-order valence-corrected chi connectivity index (χ1v) is 13.2. The SMILES string of the molecule is C=Cc1cnn2c(NCc3ccc(CNS(=O)(=O)c4ccc(F)cc4)cc3)cc(-c3ccccc3O)nc12. The van der Waals surface area contributed by atoms with Crippen molar-refractivity contribution in [3.8, 4) is 17.0 Å². The van der Waals surface area contributed by atoms with Gasteiger partial charge < -0.3 is 10.4 Å². The first-order chi connectivity index (χ1) is 18.3. The van der Waals surface area contributed by atoms with Gasteiger partial charge >= 0.3 is 0 Å². The van der Waals surface area contributed by atoms with Gasteiger partial charge in [-0.3, -0.25) is 0 Å². The molecule has 10 heteroatoms. The van der Waals surface area contributed by atoms with Gasteiger partial charge in [-0.2, -0.15) is 9.61 Å². The zero-order valence-electron chi connectivity index (χ0n) is 20.2. The lowest BCUT2D eigenvalue weighted by atomic mass is 10.1. The Morgan fingerprint density at radius 2 is 1.66 bits per heavy atom. The molecule has 0 radical (unpaired) electrons. The molecule has 3 N–H and O–H groups in total. The van der Waals surface area contributed by atoms with Crippen molar-refractivity contribution in [2.75, 3.05) is 5.32 Å². The molecule has 0 amide bonds. The molecule has 8 nitrogen and oxygen atoms in total. The number of nitrogens with one attached hydrogen (secondary N) is 2. The molecule has 0 aliphatic heterocycles. The fourth-order valence-electron chi connectivity index (χ4n) is 3.92. The number of fused-ring (bicyclic) bond motifs is 1. The molecule has 2 aromatic heterocycles. The monoisotopic (exact) mass is 529 g/mol. The number of halogens is 1. The summed E-state index contributed by atoms with van der Waals surface area (Å²) in [5.41, 5.74) is 4.28. The number of benzene rings is 3. The van der Waals surface area contributed by atoms with Gasteiger partial charge in [0.05, 0.1) is 16.8 Å². The fraction of sp³-hybridized carbons (Fsp3) is 0.0714.